The SMILES string of the molecule is O=C1O[C@H](CNC(=S)NCCc2ccccn2)CN1c1ccc(-n2nnc3ccccc32)c(F)c1. The van der Waals surface area contributed by atoms with Gasteiger partial charge in [0, 0.05) is 24.9 Å². The Morgan fingerprint density at radius 1 is 1.14 bits per heavy atom. The fraction of sp³-hybridized carbons (Fsp3) is 0.208. The Balaban J connectivity index is 1.17. The largest absolute Gasteiger partial charge is 0.442 e. The van der Waals surface area contributed by atoms with Crippen LogP contribution in [0.1, 0.15) is 5.69 Å². The lowest BCUT2D eigenvalue weighted by molar-refractivity contribution is 0.143. The minimum Gasteiger partial charge on any atom is -0.442 e. The Morgan fingerprint density at radius 3 is 2.83 bits per heavy atom. The van der Waals surface area contributed by atoms with Gasteiger partial charge in [0.1, 0.15) is 17.3 Å². The lowest BCUT2D eigenvalue weighted by Gasteiger charge is -2.15. The van der Waals surface area contributed by atoms with E-state index in [4.69, 9.17) is 17.0 Å². The van der Waals surface area contributed by atoms with Gasteiger partial charge >= 0.3 is 6.09 Å². The van der Waals surface area contributed by atoms with Crippen molar-refractivity contribution in [3.05, 3.63) is 78.4 Å². The Labute approximate surface area is 205 Å². The fourth-order valence-electron chi connectivity index (χ4n) is 3.84. The van der Waals surface area contributed by atoms with E-state index in [2.05, 4.69) is 25.9 Å². The van der Waals surface area contributed by atoms with Gasteiger partial charge in [0.15, 0.2) is 10.9 Å². The highest BCUT2D eigenvalue weighted by atomic mass is 32.1. The Morgan fingerprint density at radius 2 is 2.00 bits per heavy atom. The van der Waals surface area contributed by atoms with E-state index in [1.165, 1.54) is 15.6 Å². The van der Waals surface area contributed by atoms with Crippen molar-refractivity contribution in [2.75, 3.05) is 24.5 Å². The Bertz CT molecular complexity index is 1360. The molecule has 0 bridgehead atoms. The summed E-state index contributed by atoms with van der Waals surface area (Å²) >= 11 is 5.30. The molecule has 0 radical (unpaired) electrons. The van der Waals surface area contributed by atoms with Crippen LogP contribution in [0.5, 0.6) is 0 Å². The Kier molecular flexibility index (Phi) is 6.49. The van der Waals surface area contributed by atoms with Gasteiger partial charge in [-0.15, -0.1) is 5.10 Å². The molecule has 1 atom stereocenters. The average Bonchev–Trinajstić information content (AvgIpc) is 3.47. The van der Waals surface area contributed by atoms with Crippen molar-refractivity contribution in [2.24, 2.45) is 0 Å². The molecule has 1 amide bonds. The summed E-state index contributed by atoms with van der Waals surface area (Å²) in [7, 11) is 0. The third-order valence-corrected chi connectivity index (χ3v) is 5.87. The zero-order chi connectivity index (χ0) is 24.2. The van der Waals surface area contributed by atoms with Crippen molar-refractivity contribution in [1.82, 2.24) is 30.6 Å². The minimum atomic E-state index is -0.538. The summed E-state index contributed by atoms with van der Waals surface area (Å²) in [5.74, 6) is -0.522. The van der Waals surface area contributed by atoms with E-state index in [-0.39, 0.29) is 12.2 Å². The number of benzene rings is 2. The van der Waals surface area contributed by atoms with Gasteiger partial charge in [0.25, 0.3) is 0 Å². The van der Waals surface area contributed by atoms with Gasteiger partial charge in [-0.1, -0.05) is 23.4 Å². The van der Waals surface area contributed by atoms with Crippen LogP contribution in [0.25, 0.3) is 16.7 Å². The summed E-state index contributed by atoms with van der Waals surface area (Å²) in [4.78, 5) is 18.1. The first-order chi connectivity index (χ1) is 17.1. The molecule has 0 unspecified atom stereocenters. The number of hydrogen-bond donors (Lipinski definition) is 2. The lowest BCUT2D eigenvalue weighted by Crippen LogP contribution is -2.41. The van der Waals surface area contributed by atoms with Crippen molar-refractivity contribution in [3.8, 4) is 5.69 Å². The van der Waals surface area contributed by atoms with Gasteiger partial charge in [-0.05, 0) is 54.7 Å². The van der Waals surface area contributed by atoms with E-state index >= 15 is 4.39 Å². The summed E-state index contributed by atoms with van der Waals surface area (Å²) < 4.78 is 21.9. The second-order valence-corrected chi connectivity index (χ2v) is 8.36. The van der Waals surface area contributed by atoms with Crippen LogP contribution in [0.15, 0.2) is 66.9 Å². The topological polar surface area (TPSA) is 97.2 Å². The van der Waals surface area contributed by atoms with Crippen LogP contribution in [0.3, 0.4) is 0 Å². The monoisotopic (exact) mass is 491 g/mol. The smallest absolute Gasteiger partial charge is 0.414 e. The highest BCUT2D eigenvalue weighted by Gasteiger charge is 2.32. The number of nitrogens with zero attached hydrogens (tertiary/aromatic N) is 5. The molecule has 1 aliphatic heterocycles. The first-order valence-corrected chi connectivity index (χ1v) is 11.5. The summed E-state index contributed by atoms with van der Waals surface area (Å²) in [6.07, 6.45) is 1.52. The number of para-hydroxylation sites is 1. The van der Waals surface area contributed by atoms with Gasteiger partial charge in [-0.3, -0.25) is 9.88 Å². The molecule has 35 heavy (non-hydrogen) atoms. The third-order valence-electron chi connectivity index (χ3n) is 5.58. The van der Waals surface area contributed by atoms with E-state index in [9.17, 15) is 4.79 Å². The molecule has 0 spiro atoms. The molecule has 3 heterocycles. The van der Waals surface area contributed by atoms with Crippen LogP contribution >= 0.6 is 12.2 Å². The summed E-state index contributed by atoms with van der Waals surface area (Å²) in [5.41, 5.74) is 2.97. The van der Waals surface area contributed by atoms with Gasteiger partial charge in [0.05, 0.1) is 24.3 Å². The number of ether oxygens (including phenoxy) is 1. The zero-order valence-electron chi connectivity index (χ0n) is 18.6. The summed E-state index contributed by atoms with van der Waals surface area (Å²) in [6.45, 7) is 1.24. The summed E-state index contributed by atoms with van der Waals surface area (Å²) in [5, 5.41) is 14.8. The number of rotatable bonds is 7. The highest BCUT2D eigenvalue weighted by molar-refractivity contribution is 7.80. The standard InChI is InChI=1S/C24H22FN7O2S/c25-19-13-17(8-9-21(19)32-22-7-2-1-6-20(22)29-30-32)31-15-18(34-24(31)33)14-28-23(35)27-12-10-16-5-3-4-11-26-16/h1-9,11,13,18H,10,12,14-15H2,(H2,27,28,35)/t18-/m1/s1. The molecule has 2 aromatic heterocycles. The second-order valence-electron chi connectivity index (χ2n) is 7.95. The number of carbonyl (C=O) groups excluding carboxylic acids is 1. The average molecular weight is 492 g/mol. The number of anilines is 1. The number of amides is 1. The molecule has 2 aromatic carbocycles. The lowest BCUT2D eigenvalue weighted by atomic mass is 10.2. The van der Waals surface area contributed by atoms with Gasteiger partial charge < -0.3 is 15.4 Å². The highest BCUT2D eigenvalue weighted by Crippen LogP contribution is 2.26. The van der Waals surface area contributed by atoms with E-state index in [0.29, 0.717) is 34.9 Å². The van der Waals surface area contributed by atoms with Crippen LogP contribution in [0, 0.1) is 5.82 Å². The number of carbonyl (C=O) groups is 1. The molecule has 11 heteroatoms. The van der Waals surface area contributed by atoms with Gasteiger partial charge in [-0.2, -0.15) is 0 Å². The summed E-state index contributed by atoms with van der Waals surface area (Å²) in [6, 6.07) is 17.6. The zero-order valence-corrected chi connectivity index (χ0v) is 19.4. The van der Waals surface area contributed by atoms with E-state index < -0.39 is 18.0 Å². The van der Waals surface area contributed by atoms with E-state index in [0.717, 1.165) is 12.1 Å². The number of cyclic esters (lactones) is 1. The molecule has 0 aliphatic carbocycles. The van der Waals surface area contributed by atoms with Crippen LogP contribution in [0.2, 0.25) is 0 Å². The molecule has 1 aliphatic rings. The van der Waals surface area contributed by atoms with Gasteiger partial charge in [0.2, 0.25) is 0 Å². The fourth-order valence-corrected chi connectivity index (χ4v) is 4.03. The van der Waals surface area contributed by atoms with Crippen molar-refractivity contribution >= 4 is 40.1 Å². The maximum atomic E-state index is 15.0. The van der Waals surface area contributed by atoms with Crippen LogP contribution < -0.4 is 15.5 Å². The molecule has 4 aromatic rings. The number of aromatic nitrogens is 4. The molecule has 1 saturated heterocycles. The second kappa shape index (κ2) is 10.0. The molecule has 2 N–H and O–H groups in total. The van der Waals surface area contributed by atoms with Crippen molar-refractivity contribution in [1.29, 1.82) is 0 Å². The maximum Gasteiger partial charge on any atom is 0.414 e. The third kappa shape index (κ3) is 5.04. The number of thiocarbonyl (C=S) groups is 1. The predicted molar refractivity (Wildman–Crippen MR) is 133 cm³/mol. The van der Waals surface area contributed by atoms with Crippen LogP contribution in [-0.2, 0) is 11.2 Å². The number of halogens is 1. The number of pyridine rings is 1. The van der Waals surface area contributed by atoms with Gasteiger partial charge in [-0.25, -0.2) is 13.9 Å². The Hall–Kier alpha value is -4.12. The molecule has 1 fully saturated rings. The molecular weight excluding hydrogens is 469 g/mol. The van der Waals surface area contributed by atoms with Crippen molar-refractivity contribution in [3.63, 3.8) is 0 Å². The van der Waals surface area contributed by atoms with Crippen molar-refractivity contribution < 1.29 is 13.9 Å². The quantitative estimate of drug-likeness (QED) is 0.381. The first-order valence-electron chi connectivity index (χ1n) is 11.1. The molecule has 0 saturated carbocycles. The van der Waals surface area contributed by atoms with E-state index in [1.807, 2.05) is 36.4 Å². The maximum absolute atomic E-state index is 15.0. The molecule has 9 nitrogen and oxygen atoms in total. The van der Waals surface area contributed by atoms with E-state index in [1.54, 1.807) is 24.4 Å². The number of fused-ring (bicyclic) bond motifs is 1. The van der Waals surface area contributed by atoms with Crippen LogP contribution in [0.4, 0.5) is 14.9 Å². The number of nitrogens with one attached hydrogen (secondary N) is 2. The molecular formula is C24H22FN7O2S. The number of hydrogen-bond acceptors (Lipinski definition) is 6. The minimum absolute atomic E-state index is 0.246. The molecule has 178 valence electrons. The van der Waals surface area contributed by atoms with Crippen LogP contribution in [-0.4, -0.2) is 56.9 Å². The molecule has 5 rings (SSSR count). The predicted octanol–water partition coefficient (Wildman–Crippen LogP) is 2.99. The first kappa shape index (κ1) is 22.7. The normalized spacial score (nSPS) is 15.3. The van der Waals surface area contributed by atoms with Crippen molar-refractivity contribution in [2.45, 2.75) is 12.5 Å².